The van der Waals surface area contributed by atoms with Crippen LogP contribution in [0.1, 0.15) is 13.8 Å². The maximum Gasteiger partial charge on any atom is 0.434 e. The molecule has 0 aromatic rings. The lowest BCUT2D eigenvalue weighted by Gasteiger charge is -2.18. The SMILES string of the molecule is CCO[PH](=O)C(OC(C)=O)C(F)(F)F. The lowest BCUT2D eigenvalue weighted by atomic mass is 10.7. The third-order valence-corrected chi connectivity index (χ3v) is 2.53. The Morgan fingerprint density at radius 2 is 2.00 bits per heavy atom. The van der Waals surface area contributed by atoms with E-state index in [1.165, 1.54) is 6.92 Å². The second-order valence-electron chi connectivity index (χ2n) is 2.28. The van der Waals surface area contributed by atoms with Crippen LogP contribution in [0.3, 0.4) is 0 Å². The molecule has 8 heteroatoms. The molecule has 0 amide bonds. The van der Waals surface area contributed by atoms with E-state index in [1.54, 1.807) is 0 Å². The summed E-state index contributed by atoms with van der Waals surface area (Å²) in [5, 5.41) is 0. The van der Waals surface area contributed by atoms with Crippen LogP contribution in [0.5, 0.6) is 0 Å². The standard InChI is InChI=1S/C6H10F3O4P/c1-3-12-14(11)5(6(7,8)9)13-4(2)10/h5,14H,3H2,1-2H3. The summed E-state index contributed by atoms with van der Waals surface area (Å²) in [5.41, 5.74) is 0. The third-order valence-electron chi connectivity index (χ3n) is 1.08. The van der Waals surface area contributed by atoms with Gasteiger partial charge in [0.1, 0.15) is 0 Å². The number of esters is 1. The monoisotopic (exact) mass is 234 g/mol. The number of ether oxygens (including phenoxy) is 1. The Hall–Kier alpha value is -0.550. The molecular weight excluding hydrogens is 224 g/mol. The summed E-state index contributed by atoms with van der Waals surface area (Å²) in [6.07, 6.45) is -4.86. The molecule has 0 aromatic carbocycles. The molecule has 0 radical (unpaired) electrons. The molecule has 84 valence electrons. The molecule has 0 heterocycles. The fraction of sp³-hybridized carbons (Fsp3) is 0.833. The zero-order valence-electron chi connectivity index (χ0n) is 7.55. The van der Waals surface area contributed by atoms with Gasteiger partial charge in [0.25, 0.3) is 5.85 Å². The van der Waals surface area contributed by atoms with Gasteiger partial charge in [-0.15, -0.1) is 0 Å². The van der Waals surface area contributed by atoms with E-state index in [1.807, 2.05) is 0 Å². The molecule has 0 fully saturated rings. The van der Waals surface area contributed by atoms with Gasteiger partial charge in [-0.1, -0.05) is 0 Å². The molecule has 14 heavy (non-hydrogen) atoms. The highest BCUT2D eigenvalue weighted by Gasteiger charge is 2.47. The van der Waals surface area contributed by atoms with Gasteiger partial charge in [0, 0.05) is 6.92 Å². The van der Waals surface area contributed by atoms with Crippen molar-refractivity contribution in [1.29, 1.82) is 0 Å². The maximum absolute atomic E-state index is 12.1. The Labute approximate surface area is 79.2 Å². The first-order chi connectivity index (χ1) is 6.29. The number of rotatable bonds is 4. The molecule has 0 aliphatic rings. The summed E-state index contributed by atoms with van der Waals surface area (Å²) in [7, 11) is -3.45. The predicted molar refractivity (Wildman–Crippen MR) is 42.2 cm³/mol. The summed E-state index contributed by atoms with van der Waals surface area (Å²) in [4.78, 5) is 10.3. The predicted octanol–water partition coefficient (Wildman–Crippen LogP) is 1.95. The molecule has 0 aromatic heterocycles. The van der Waals surface area contributed by atoms with Crippen molar-refractivity contribution >= 4 is 14.0 Å². The van der Waals surface area contributed by atoms with Gasteiger partial charge in [-0.25, -0.2) is 0 Å². The Balaban J connectivity index is 4.55. The quantitative estimate of drug-likeness (QED) is 0.551. The lowest BCUT2D eigenvalue weighted by molar-refractivity contribution is -0.198. The van der Waals surface area contributed by atoms with Gasteiger partial charge in [-0.3, -0.25) is 9.36 Å². The van der Waals surface area contributed by atoms with E-state index < -0.39 is 26.0 Å². The number of halogens is 3. The number of carbonyl (C=O) groups is 1. The second-order valence-corrected chi connectivity index (χ2v) is 3.73. The Bertz CT molecular complexity index is 228. The van der Waals surface area contributed by atoms with Crippen molar-refractivity contribution in [1.82, 2.24) is 0 Å². The van der Waals surface area contributed by atoms with E-state index >= 15 is 0 Å². The van der Waals surface area contributed by atoms with E-state index in [2.05, 4.69) is 9.26 Å². The molecular formula is C6H10F3O4P. The van der Waals surface area contributed by atoms with Crippen LogP contribution in [0.25, 0.3) is 0 Å². The van der Waals surface area contributed by atoms with E-state index in [-0.39, 0.29) is 6.61 Å². The van der Waals surface area contributed by atoms with Gasteiger partial charge < -0.3 is 9.26 Å². The molecule has 0 rings (SSSR count). The first kappa shape index (κ1) is 13.4. The Morgan fingerprint density at radius 1 is 1.50 bits per heavy atom. The Kier molecular flexibility index (Phi) is 5.15. The molecule has 0 saturated heterocycles. The minimum absolute atomic E-state index is 0.133. The molecule has 0 aliphatic heterocycles. The van der Waals surface area contributed by atoms with Gasteiger partial charge in [-0.05, 0) is 6.92 Å². The van der Waals surface area contributed by atoms with Crippen molar-refractivity contribution in [3.05, 3.63) is 0 Å². The average molecular weight is 234 g/mol. The highest BCUT2D eigenvalue weighted by Crippen LogP contribution is 2.41. The van der Waals surface area contributed by atoms with Crippen molar-refractivity contribution < 1.29 is 31.8 Å². The fourth-order valence-electron chi connectivity index (χ4n) is 0.632. The minimum atomic E-state index is -4.86. The summed E-state index contributed by atoms with van der Waals surface area (Å²) in [5.74, 6) is -3.80. The molecule has 0 bridgehead atoms. The van der Waals surface area contributed by atoms with E-state index in [0.29, 0.717) is 0 Å². The average Bonchev–Trinajstić information content (AvgIpc) is 1.98. The molecule has 2 atom stereocenters. The van der Waals surface area contributed by atoms with Crippen molar-refractivity contribution in [2.24, 2.45) is 0 Å². The van der Waals surface area contributed by atoms with Gasteiger partial charge in [-0.2, -0.15) is 13.2 Å². The van der Waals surface area contributed by atoms with Crippen LogP contribution in [0.4, 0.5) is 13.2 Å². The lowest BCUT2D eigenvalue weighted by Crippen LogP contribution is -2.30. The maximum atomic E-state index is 12.1. The normalized spacial score (nSPS) is 16.1. The molecule has 0 saturated carbocycles. The number of hydrogen-bond donors (Lipinski definition) is 0. The fourth-order valence-corrected chi connectivity index (χ4v) is 1.60. The molecule has 0 N–H and O–H groups in total. The molecule has 0 spiro atoms. The van der Waals surface area contributed by atoms with Gasteiger partial charge in [0.2, 0.25) is 8.03 Å². The highest BCUT2D eigenvalue weighted by molar-refractivity contribution is 7.39. The number of alkyl halides is 3. The van der Waals surface area contributed by atoms with Crippen molar-refractivity contribution in [3.8, 4) is 0 Å². The summed E-state index contributed by atoms with van der Waals surface area (Å²) < 4.78 is 55.4. The van der Waals surface area contributed by atoms with E-state index in [0.717, 1.165) is 6.92 Å². The molecule has 0 aliphatic carbocycles. The van der Waals surface area contributed by atoms with Crippen LogP contribution in [-0.4, -0.2) is 24.6 Å². The van der Waals surface area contributed by atoms with Gasteiger partial charge in [0.15, 0.2) is 0 Å². The summed E-state index contributed by atoms with van der Waals surface area (Å²) >= 11 is 0. The van der Waals surface area contributed by atoms with Crippen molar-refractivity contribution in [2.75, 3.05) is 6.61 Å². The zero-order valence-corrected chi connectivity index (χ0v) is 8.55. The van der Waals surface area contributed by atoms with E-state index in [9.17, 15) is 22.5 Å². The topological polar surface area (TPSA) is 52.6 Å². The van der Waals surface area contributed by atoms with Crippen LogP contribution in [0.15, 0.2) is 0 Å². The van der Waals surface area contributed by atoms with Crippen LogP contribution in [-0.2, 0) is 18.6 Å². The van der Waals surface area contributed by atoms with Crippen molar-refractivity contribution in [2.45, 2.75) is 25.9 Å². The van der Waals surface area contributed by atoms with Crippen LogP contribution < -0.4 is 0 Å². The van der Waals surface area contributed by atoms with E-state index in [4.69, 9.17) is 0 Å². The number of hydrogen-bond acceptors (Lipinski definition) is 4. The molecule has 2 unspecified atom stereocenters. The van der Waals surface area contributed by atoms with Gasteiger partial charge in [0.05, 0.1) is 6.61 Å². The smallest absolute Gasteiger partial charge is 0.434 e. The van der Waals surface area contributed by atoms with Crippen LogP contribution >= 0.6 is 8.03 Å². The van der Waals surface area contributed by atoms with Crippen LogP contribution in [0, 0.1) is 0 Å². The summed E-state index contributed by atoms with van der Waals surface area (Å²) in [6, 6.07) is 0. The molecule has 4 nitrogen and oxygen atoms in total. The highest BCUT2D eigenvalue weighted by atomic mass is 31.1. The van der Waals surface area contributed by atoms with Crippen LogP contribution in [0.2, 0.25) is 0 Å². The second kappa shape index (κ2) is 5.36. The Morgan fingerprint density at radius 3 is 2.29 bits per heavy atom. The zero-order chi connectivity index (χ0) is 11.4. The summed E-state index contributed by atoms with van der Waals surface area (Å²) in [6.45, 7) is 2.06. The third kappa shape index (κ3) is 4.62. The largest absolute Gasteiger partial charge is 0.443 e. The number of carbonyl (C=O) groups excluding carboxylic acids is 1. The van der Waals surface area contributed by atoms with Crippen molar-refractivity contribution in [3.63, 3.8) is 0 Å². The first-order valence-corrected chi connectivity index (χ1v) is 5.09. The van der Waals surface area contributed by atoms with Gasteiger partial charge >= 0.3 is 12.1 Å². The first-order valence-electron chi connectivity index (χ1n) is 3.69. The minimum Gasteiger partial charge on any atom is -0.443 e.